The van der Waals surface area contributed by atoms with E-state index in [1.54, 1.807) is 11.3 Å². The maximum Gasteiger partial charge on any atom is 0.0892 e. The van der Waals surface area contributed by atoms with Crippen LogP contribution in [0.15, 0.2) is 0 Å². The monoisotopic (exact) mass is 252 g/mol. The summed E-state index contributed by atoms with van der Waals surface area (Å²) in [5, 5.41) is 4.47. The molecule has 1 aromatic rings. The van der Waals surface area contributed by atoms with Gasteiger partial charge in [0.05, 0.1) is 5.00 Å². The summed E-state index contributed by atoms with van der Waals surface area (Å²) in [6, 6.07) is 0.817. The summed E-state index contributed by atoms with van der Waals surface area (Å²) >= 11 is 1.74. The Labute approximate surface area is 106 Å². The molecule has 1 aromatic heterocycles. The maximum absolute atomic E-state index is 6.06. The van der Waals surface area contributed by atoms with Crippen LogP contribution in [0.3, 0.4) is 0 Å². The van der Waals surface area contributed by atoms with E-state index in [2.05, 4.69) is 17.1 Å². The van der Waals surface area contributed by atoms with Gasteiger partial charge in [0.2, 0.25) is 0 Å². The molecule has 2 atom stereocenters. The highest BCUT2D eigenvalue weighted by atomic mass is 32.1. The average molecular weight is 252 g/mol. The molecule has 0 saturated carbocycles. The Morgan fingerprint density at radius 2 is 2.29 bits per heavy atom. The first kappa shape index (κ1) is 11.5. The summed E-state index contributed by atoms with van der Waals surface area (Å²) in [5.41, 5.74) is 14.8. The molecule has 5 heteroatoms. The Balaban J connectivity index is 1.93. The Bertz CT molecular complexity index is 428. The second-order valence-electron chi connectivity index (χ2n) is 5.12. The smallest absolute Gasteiger partial charge is 0.0892 e. The van der Waals surface area contributed by atoms with E-state index in [1.807, 2.05) is 0 Å². The van der Waals surface area contributed by atoms with Crippen molar-refractivity contribution in [1.29, 1.82) is 0 Å². The van der Waals surface area contributed by atoms with E-state index in [0.717, 1.165) is 37.6 Å². The van der Waals surface area contributed by atoms with Crippen molar-refractivity contribution in [2.75, 3.05) is 25.4 Å². The van der Waals surface area contributed by atoms with Gasteiger partial charge < -0.3 is 16.8 Å². The van der Waals surface area contributed by atoms with E-state index in [4.69, 9.17) is 11.5 Å². The third kappa shape index (κ3) is 1.87. The first-order valence-corrected chi connectivity index (χ1v) is 7.06. The van der Waals surface area contributed by atoms with Gasteiger partial charge in [-0.05, 0) is 24.5 Å². The van der Waals surface area contributed by atoms with Crippen LogP contribution in [0.5, 0.6) is 0 Å². The minimum Gasteiger partial charge on any atom is -0.390 e. The molecule has 2 aliphatic heterocycles. The van der Waals surface area contributed by atoms with Gasteiger partial charge in [0, 0.05) is 43.1 Å². The van der Waals surface area contributed by atoms with Crippen molar-refractivity contribution in [2.45, 2.75) is 32.0 Å². The molecule has 0 spiro atoms. The fourth-order valence-corrected chi connectivity index (χ4v) is 4.11. The predicted molar refractivity (Wildman–Crippen MR) is 72.1 cm³/mol. The van der Waals surface area contributed by atoms with Gasteiger partial charge in [-0.1, -0.05) is 0 Å². The summed E-state index contributed by atoms with van der Waals surface area (Å²) in [5.74, 6) is 0. The van der Waals surface area contributed by atoms with Crippen molar-refractivity contribution in [3.63, 3.8) is 0 Å². The molecule has 3 heterocycles. The zero-order valence-corrected chi connectivity index (χ0v) is 11.0. The Morgan fingerprint density at radius 1 is 1.47 bits per heavy atom. The highest BCUT2D eigenvalue weighted by Gasteiger charge is 2.33. The molecule has 1 saturated heterocycles. The number of nitrogens with one attached hydrogen (secondary N) is 1. The van der Waals surface area contributed by atoms with Crippen LogP contribution in [0.1, 0.15) is 28.5 Å². The summed E-state index contributed by atoms with van der Waals surface area (Å²) in [6.07, 6.45) is 1.12. The first-order valence-electron chi connectivity index (χ1n) is 6.24. The highest BCUT2D eigenvalue weighted by Crippen LogP contribution is 2.39. The number of nitrogen functional groups attached to an aromatic ring is 1. The van der Waals surface area contributed by atoms with Crippen LogP contribution in [-0.4, -0.2) is 30.6 Å². The number of anilines is 1. The molecule has 5 N–H and O–H groups in total. The summed E-state index contributed by atoms with van der Waals surface area (Å²) in [4.78, 5) is 3.92. The largest absolute Gasteiger partial charge is 0.390 e. The molecule has 0 aliphatic carbocycles. The topological polar surface area (TPSA) is 67.3 Å². The zero-order chi connectivity index (χ0) is 12.0. The van der Waals surface area contributed by atoms with Gasteiger partial charge in [-0.15, -0.1) is 11.3 Å². The van der Waals surface area contributed by atoms with Crippen LogP contribution in [0, 0.1) is 6.92 Å². The minimum absolute atomic E-state index is 0.344. The number of likely N-dealkylation sites (tertiary alicyclic amines) is 1. The molecule has 0 aromatic carbocycles. The standard InChI is InChI=1S/C12H20N4S/c1-7-11-9(16-3-2-8(13)6-16)4-15-5-10(11)17-12(7)14/h8-9,15H,2-6,13-14H2,1H3. The van der Waals surface area contributed by atoms with Crippen molar-refractivity contribution in [3.8, 4) is 0 Å². The summed E-state index contributed by atoms with van der Waals surface area (Å²) in [7, 11) is 0. The lowest BCUT2D eigenvalue weighted by atomic mass is 9.98. The number of hydrogen-bond donors (Lipinski definition) is 3. The Morgan fingerprint density at radius 3 is 3.00 bits per heavy atom. The number of rotatable bonds is 1. The molecule has 0 radical (unpaired) electrons. The lowest BCUT2D eigenvalue weighted by Gasteiger charge is -2.32. The van der Waals surface area contributed by atoms with Crippen molar-refractivity contribution in [2.24, 2.45) is 5.73 Å². The van der Waals surface area contributed by atoms with Gasteiger partial charge in [-0.3, -0.25) is 4.90 Å². The molecule has 94 valence electrons. The lowest BCUT2D eigenvalue weighted by molar-refractivity contribution is 0.226. The van der Waals surface area contributed by atoms with E-state index in [-0.39, 0.29) is 0 Å². The third-order valence-corrected chi connectivity index (χ3v) is 5.10. The van der Waals surface area contributed by atoms with E-state index in [1.165, 1.54) is 16.0 Å². The van der Waals surface area contributed by atoms with Gasteiger partial charge >= 0.3 is 0 Å². The van der Waals surface area contributed by atoms with Crippen molar-refractivity contribution < 1.29 is 0 Å². The van der Waals surface area contributed by atoms with Crippen LogP contribution in [0.2, 0.25) is 0 Å². The molecule has 1 fully saturated rings. The number of fused-ring (bicyclic) bond motifs is 1. The highest BCUT2D eigenvalue weighted by molar-refractivity contribution is 7.16. The molecular formula is C12H20N4S. The second kappa shape index (κ2) is 4.24. The van der Waals surface area contributed by atoms with Gasteiger partial charge in [0.25, 0.3) is 0 Å². The second-order valence-corrected chi connectivity index (χ2v) is 6.26. The molecule has 3 rings (SSSR count). The Hall–Kier alpha value is -0.620. The lowest BCUT2D eigenvalue weighted by Crippen LogP contribution is -2.39. The number of nitrogens with two attached hydrogens (primary N) is 2. The van der Waals surface area contributed by atoms with Crippen molar-refractivity contribution in [3.05, 3.63) is 16.0 Å². The Kier molecular flexibility index (Phi) is 2.86. The SMILES string of the molecule is Cc1c(N)sc2c1C(N1CCC(N)C1)CNC2. The van der Waals surface area contributed by atoms with E-state index < -0.39 is 0 Å². The van der Waals surface area contributed by atoms with Crippen LogP contribution in [0.25, 0.3) is 0 Å². The molecule has 4 nitrogen and oxygen atoms in total. The summed E-state index contributed by atoms with van der Waals surface area (Å²) < 4.78 is 0. The normalized spacial score (nSPS) is 29.5. The molecule has 0 bridgehead atoms. The molecule has 0 amide bonds. The number of nitrogens with zero attached hydrogens (tertiary/aromatic N) is 1. The molecule has 2 aliphatic rings. The van der Waals surface area contributed by atoms with Crippen LogP contribution >= 0.6 is 11.3 Å². The molecular weight excluding hydrogens is 232 g/mol. The molecule has 17 heavy (non-hydrogen) atoms. The van der Waals surface area contributed by atoms with Crippen LogP contribution in [-0.2, 0) is 6.54 Å². The zero-order valence-electron chi connectivity index (χ0n) is 10.2. The van der Waals surface area contributed by atoms with Gasteiger partial charge in [-0.25, -0.2) is 0 Å². The van der Waals surface area contributed by atoms with E-state index >= 15 is 0 Å². The third-order valence-electron chi connectivity index (χ3n) is 3.96. The first-order chi connectivity index (χ1) is 8.16. The predicted octanol–water partition coefficient (Wildman–Crippen LogP) is 0.816. The van der Waals surface area contributed by atoms with Gasteiger partial charge in [-0.2, -0.15) is 0 Å². The van der Waals surface area contributed by atoms with Crippen molar-refractivity contribution in [1.82, 2.24) is 10.2 Å². The van der Waals surface area contributed by atoms with Gasteiger partial charge in [0.1, 0.15) is 0 Å². The quantitative estimate of drug-likeness (QED) is 0.692. The van der Waals surface area contributed by atoms with Crippen LogP contribution < -0.4 is 16.8 Å². The van der Waals surface area contributed by atoms with Crippen molar-refractivity contribution >= 4 is 16.3 Å². The average Bonchev–Trinajstić information content (AvgIpc) is 2.85. The number of hydrogen-bond acceptors (Lipinski definition) is 5. The van der Waals surface area contributed by atoms with E-state index in [9.17, 15) is 0 Å². The van der Waals surface area contributed by atoms with E-state index in [0.29, 0.717) is 12.1 Å². The minimum atomic E-state index is 0.344. The van der Waals surface area contributed by atoms with Crippen LogP contribution in [0.4, 0.5) is 5.00 Å². The fourth-order valence-electron chi connectivity index (χ4n) is 3.01. The van der Waals surface area contributed by atoms with Gasteiger partial charge in [0.15, 0.2) is 0 Å². The summed E-state index contributed by atoms with van der Waals surface area (Å²) in [6.45, 7) is 6.27. The maximum atomic E-state index is 6.06. The molecule has 2 unspecified atom stereocenters. The number of thiophene rings is 1. The fraction of sp³-hybridized carbons (Fsp3) is 0.667.